The Morgan fingerprint density at radius 1 is 1.15 bits per heavy atom. The molecule has 1 heterocycles. The summed E-state index contributed by atoms with van der Waals surface area (Å²) in [6, 6.07) is 3.49. The van der Waals surface area contributed by atoms with Crippen LogP contribution in [0.5, 0.6) is 0 Å². The summed E-state index contributed by atoms with van der Waals surface area (Å²) in [6.45, 7) is 1.08. The summed E-state index contributed by atoms with van der Waals surface area (Å²) in [5.74, 6) is -0.754. The van der Waals surface area contributed by atoms with E-state index in [-0.39, 0.29) is 12.5 Å². The van der Waals surface area contributed by atoms with Gasteiger partial charge in [-0.15, -0.1) is 11.3 Å². The lowest BCUT2D eigenvalue weighted by Crippen LogP contribution is -2.35. The van der Waals surface area contributed by atoms with Gasteiger partial charge >= 0.3 is 12.0 Å². The van der Waals surface area contributed by atoms with Crippen molar-refractivity contribution < 1.29 is 14.7 Å². The molecular weight excluding hydrogens is 300 g/mol. The number of rotatable bonds is 9. The molecule has 0 aliphatic carbocycles. The highest BCUT2D eigenvalue weighted by Gasteiger charge is 2.02. The van der Waals surface area contributed by atoms with Gasteiger partial charge in [0, 0.05) is 17.8 Å². The van der Waals surface area contributed by atoms with Gasteiger partial charge in [0.25, 0.3) is 0 Å². The van der Waals surface area contributed by atoms with Crippen molar-refractivity contribution in [3.05, 3.63) is 21.3 Å². The van der Waals surface area contributed by atoms with Crippen LogP contribution in [0.1, 0.15) is 37.0 Å². The second-order valence-electron chi connectivity index (χ2n) is 4.37. The number of carbonyl (C=O) groups excluding carboxylic acids is 1. The van der Waals surface area contributed by atoms with Gasteiger partial charge in [-0.25, -0.2) is 4.79 Å². The fourth-order valence-electron chi connectivity index (χ4n) is 1.63. The predicted molar refractivity (Wildman–Crippen MR) is 80.3 cm³/mol. The first-order valence-corrected chi connectivity index (χ1v) is 7.75. The number of carbonyl (C=O) groups is 2. The van der Waals surface area contributed by atoms with E-state index in [1.54, 1.807) is 6.07 Å². The average Bonchev–Trinajstić information content (AvgIpc) is 2.81. The number of thiophene rings is 1. The maximum atomic E-state index is 11.5. The van der Waals surface area contributed by atoms with Crippen molar-refractivity contribution in [3.8, 4) is 0 Å². The molecule has 3 N–H and O–H groups in total. The Kier molecular flexibility index (Phi) is 8.06. The van der Waals surface area contributed by atoms with E-state index in [0.717, 1.165) is 24.1 Å². The van der Waals surface area contributed by atoms with E-state index in [2.05, 4.69) is 10.6 Å². The van der Waals surface area contributed by atoms with Crippen molar-refractivity contribution in [2.45, 2.75) is 38.6 Å². The topological polar surface area (TPSA) is 78.4 Å². The molecule has 0 aliphatic heterocycles. The zero-order valence-electron chi connectivity index (χ0n) is 11.2. The minimum absolute atomic E-state index is 0.194. The molecule has 1 aromatic heterocycles. The van der Waals surface area contributed by atoms with Gasteiger partial charge < -0.3 is 15.7 Å². The average molecular weight is 319 g/mol. The fraction of sp³-hybridized carbons (Fsp3) is 0.538. The molecule has 0 saturated carbocycles. The maximum absolute atomic E-state index is 11.5. The molecule has 112 valence electrons. The number of halogens is 1. The summed E-state index contributed by atoms with van der Waals surface area (Å²) in [5, 5.41) is 14.0. The fourth-order valence-corrected chi connectivity index (χ4v) is 2.66. The van der Waals surface area contributed by atoms with Crippen LogP contribution in [0.2, 0.25) is 4.34 Å². The van der Waals surface area contributed by atoms with E-state index in [1.165, 1.54) is 11.3 Å². The van der Waals surface area contributed by atoms with Crippen molar-refractivity contribution in [1.29, 1.82) is 0 Å². The van der Waals surface area contributed by atoms with Crippen LogP contribution in [0.15, 0.2) is 12.1 Å². The smallest absolute Gasteiger partial charge is 0.315 e. The molecule has 0 radical (unpaired) electrons. The Morgan fingerprint density at radius 3 is 2.55 bits per heavy atom. The van der Waals surface area contributed by atoms with Crippen LogP contribution in [-0.2, 0) is 11.3 Å². The van der Waals surface area contributed by atoms with E-state index in [4.69, 9.17) is 16.7 Å². The monoisotopic (exact) mass is 318 g/mol. The first-order valence-electron chi connectivity index (χ1n) is 6.55. The van der Waals surface area contributed by atoms with Gasteiger partial charge in [-0.2, -0.15) is 0 Å². The Balaban J connectivity index is 1.96. The Hall–Kier alpha value is -1.27. The summed E-state index contributed by atoms with van der Waals surface area (Å²) >= 11 is 7.24. The zero-order chi connectivity index (χ0) is 14.8. The van der Waals surface area contributed by atoms with E-state index < -0.39 is 5.97 Å². The van der Waals surface area contributed by atoms with Crippen molar-refractivity contribution in [1.82, 2.24) is 10.6 Å². The molecule has 0 saturated heterocycles. The number of unbranched alkanes of at least 4 members (excludes halogenated alkanes) is 3. The lowest BCUT2D eigenvalue weighted by molar-refractivity contribution is -0.137. The van der Waals surface area contributed by atoms with Gasteiger partial charge in [-0.1, -0.05) is 24.4 Å². The minimum Gasteiger partial charge on any atom is -0.481 e. The number of urea groups is 1. The number of hydrogen-bond acceptors (Lipinski definition) is 3. The van der Waals surface area contributed by atoms with Gasteiger partial charge in [-0.05, 0) is 25.0 Å². The number of carboxylic acid groups (broad SMARTS) is 1. The normalized spacial score (nSPS) is 10.2. The molecule has 2 amide bonds. The molecule has 0 unspecified atom stereocenters. The number of carboxylic acids is 1. The maximum Gasteiger partial charge on any atom is 0.315 e. The summed E-state index contributed by atoms with van der Waals surface area (Å²) in [6.07, 6.45) is 3.58. The highest BCUT2D eigenvalue weighted by Crippen LogP contribution is 2.20. The van der Waals surface area contributed by atoms with Crippen molar-refractivity contribution in [3.63, 3.8) is 0 Å². The van der Waals surface area contributed by atoms with E-state index >= 15 is 0 Å². The van der Waals surface area contributed by atoms with Crippen LogP contribution in [0.3, 0.4) is 0 Å². The van der Waals surface area contributed by atoms with Crippen molar-refractivity contribution in [2.24, 2.45) is 0 Å². The van der Waals surface area contributed by atoms with E-state index in [1.807, 2.05) is 6.07 Å². The Labute approximate surface area is 127 Å². The summed E-state index contributed by atoms with van der Waals surface area (Å²) < 4.78 is 0.712. The molecule has 0 atom stereocenters. The molecule has 5 nitrogen and oxygen atoms in total. The molecule has 20 heavy (non-hydrogen) atoms. The van der Waals surface area contributed by atoms with Crippen LogP contribution in [0, 0.1) is 0 Å². The Morgan fingerprint density at radius 2 is 1.90 bits per heavy atom. The number of aliphatic carboxylic acids is 1. The predicted octanol–water partition coefficient (Wildman–Crippen LogP) is 3.24. The van der Waals surface area contributed by atoms with Gasteiger partial charge in [0.05, 0.1) is 10.9 Å². The third-order valence-electron chi connectivity index (χ3n) is 2.66. The van der Waals surface area contributed by atoms with Crippen LogP contribution in [0.25, 0.3) is 0 Å². The van der Waals surface area contributed by atoms with Gasteiger partial charge in [-0.3, -0.25) is 4.79 Å². The zero-order valence-corrected chi connectivity index (χ0v) is 12.7. The highest BCUT2D eigenvalue weighted by atomic mass is 35.5. The lowest BCUT2D eigenvalue weighted by atomic mass is 10.1. The molecule has 1 aromatic rings. The van der Waals surface area contributed by atoms with Crippen LogP contribution in [0.4, 0.5) is 4.79 Å². The number of nitrogens with one attached hydrogen (secondary N) is 2. The number of hydrogen-bond donors (Lipinski definition) is 3. The minimum atomic E-state index is -0.754. The molecule has 0 bridgehead atoms. The van der Waals surface area contributed by atoms with Crippen molar-refractivity contribution >= 4 is 34.9 Å². The molecule has 7 heteroatoms. The Bertz CT molecular complexity index is 437. The van der Waals surface area contributed by atoms with Crippen molar-refractivity contribution in [2.75, 3.05) is 6.54 Å². The van der Waals surface area contributed by atoms with Gasteiger partial charge in [0.1, 0.15) is 0 Å². The second-order valence-corrected chi connectivity index (χ2v) is 6.17. The third kappa shape index (κ3) is 8.01. The molecule has 0 aromatic carbocycles. The number of amides is 2. The first-order chi connectivity index (χ1) is 9.58. The summed E-state index contributed by atoms with van der Waals surface area (Å²) in [5.41, 5.74) is 0. The van der Waals surface area contributed by atoms with E-state index in [9.17, 15) is 9.59 Å². The first kappa shape index (κ1) is 16.8. The van der Waals surface area contributed by atoms with Crippen LogP contribution in [-0.4, -0.2) is 23.7 Å². The molecule has 0 fully saturated rings. The second kappa shape index (κ2) is 9.61. The molecule has 0 spiro atoms. The quantitative estimate of drug-likeness (QED) is 0.612. The van der Waals surface area contributed by atoms with Crippen LogP contribution < -0.4 is 10.6 Å². The van der Waals surface area contributed by atoms with E-state index in [0.29, 0.717) is 23.8 Å². The molecule has 0 aliphatic rings. The van der Waals surface area contributed by atoms with Gasteiger partial charge in [0.2, 0.25) is 0 Å². The van der Waals surface area contributed by atoms with Gasteiger partial charge in [0.15, 0.2) is 0 Å². The lowest BCUT2D eigenvalue weighted by Gasteiger charge is -2.06. The highest BCUT2D eigenvalue weighted by molar-refractivity contribution is 7.16. The SMILES string of the molecule is O=C(O)CCCCCCNC(=O)NCc1ccc(Cl)s1. The van der Waals surface area contributed by atoms with Crippen LogP contribution >= 0.6 is 22.9 Å². The molecular formula is C13H19ClN2O3S. The largest absolute Gasteiger partial charge is 0.481 e. The summed E-state index contributed by atoms with van der Waals surface area (Å²) in [4.78, 5) is 22.8. The molecule has 1 rings (SSSR count). The summed E-state index contributed by atoms with van der Waals surface area (Å²) in [7, 11) is 0. The standard InChI is InChI=1S/C13H19ClN2O3S/c14-11-7-6-10(20-11)9-16-13(19)15-8-4-2-1-3-5-12(17)18/h6-7H,1-5,8-9H2,(H,17,18)(H2,15,16,19). The third-order valence-corrected chi connectivity index (χ3v) is 3.89.